The van der Waals surface area contributed by atoms with Crippen LogP contribution in [-0.2, 0) is 13.0 Å². The van der Waals surface area contributed by atoms with Crippen LogP contribution in [0.3, 0.4) is 0 Å². The van der Waals surface area contributed by atoms with Gasteiger partial charge in [-0.15, -0.1) is 11.3 Å². The number of thiophene rings is 1. The first-order valence-electron chi connectivity index (χ1n) is 6.40. The molecule has 2 aromatic rings. The molecule has 2 aromatic heterocycles. The first-order chi connectivity index (χ1) is 8.76. The van der Waals surface area contributed by atoms with Gasteiger partial charge in [-0.3, -0.25) is 4.68 Å². The number of nitrogens with one attached hydrogen (secondary N) is 1. The summed E-state index contributed by atoms with van der Waals surface area (Å²) in [4.78, 5) is 5.77. The van der Waals surface area contributed by atoms with Crippen molar-refractivity contribution in [3.8, 4) is 0 Å². The van der Waals surface area contributed by atoms with E-state index in [1.54, 1.807) is 6.33 Å². The van der Waals surface area contributed by atoms with Gasteiger partial charge in [-0.1, -0.05) is 6.92 Å². The van der Waals surface area contributed by atoms with Gasteiger partial charge in [0.15, 0.2) is 0 Å². The summed E-state index contributed by atoms with van der Waals surface area (Å²) in [5, 5.41) is 9.93. The fourth-order valence-corrected chi connectivity index (χ4v) is 3.14. The van der Waals surface area contributed by atoms with Gasteiger partial charge in [-0.25, -0.2) is 4.98 Å². The van der Waals surface area contributed by atoms with Gasteiger partial charge < -0.3 is 5.32 Å². The highest BCUT2D eigenvalue weighted by molar-refractivity contribution is 7.10. The zero-order chi connectivity index (χ0) is 13.0. The van der Waals surface area contributed by atoms with Crippen molar-refractivity contribution < 1.29 is 0 Å². The molecule has 0 aliphatic carbocycles. The molecule has 0 spiro atoms. The second-order valence-corrected chi connectivity index (χ2v) is 5.22. The third-order valence-electron chi connectivity index (χ3n) is 3.05. The molecule has 18 heavy (non-hydrogen) atoms. The number of rotatable bonds is 6. The molecule has 2 heterocycles. The Hall–Kier alpha value is -1.20. The van der Waals surface area contributed by atoms with Crippen LogP contribution >= 0.6 is 11.3 Å². The van der Waals surface area contributed by atoms with Crippen molar-refractivity contribution in [2.24, 2.45) is 0 Å². The highest BCUT2D eigenvalue weighted by atomic mass is 32.1. The number of nitrogens with zero attached hydrogens (tertiary/aromatic N) is 3. The molecular formula is C13H20N4S. The number of likely N-dealkylation sites (N-methyl/N-ethyl adjacent to an activating group) is 1. The molecule has 5 heteroatoms. The summed E-state index contributed by atoms with van der Waals surface area (Å²) in [5.41, 5.74) is 1.36. The lowest BCUT2D eigenvalue weighted by molar-refractivity contribution is 0.514. The average Bonchev–Trinajstić information content (AvgIpc) is 2.97. The van der Waals surface area contributed by atoms with Crippen LogP contribution in [0.4, 0.5) is 0 Å². The first-order valence-corrected chi connectivity index (χ1v) is 7.28. The second kappa shape index (κ2) is 6.11. The van der Waals surface area contributed by atoms with Gasteiger partial charge >= 0.3 is 0 Å². The maximum absolute atomic E-state index is 4.37. The fraction of sp³-hybridized carbons (Fsp3) is 0.538. The van der Waals surface area contributed by atoms with E-state index in [1.807, 2.05) is 16.0 Å². The average molecular weight is 264 g/mol. The molecule has 0 amide bonds. The molecule has 0 radical (unpaired) electrons. The van der Waals surface area contributed by atoms with Crippen LogP contribution in [0.1, 0.15) is 36.2 Å². The molecule has 0 fully saturated rings. The molecule has 0 saturated heterocycles. The standard InChI is InChI=1S/C13H20N4S/c1-4-14-11(13-10(3)6-7-18-13)8-12-15-9-16-17(12)5-2/h6-7,9,11,14H,4-5,8H2,1-3H3. The molecule has 1 atom stereocenters. The Bertz CT molecular complexity index is 489. The molecule has 0 aromatic carbocycles. The van der Waals surface area contributed by atoms with E-state index in [9.17, 15) is 0 Å². The van der Waals surface area contributed by atoms with E-state index in [0.717, 1.165) is 25.3 Å². The van der Waals surface area contributed by atoms with Gasteiger partial charge in [0.05, 0.1) is 0 Å². The van der Waals surface area contributed by atoms with Crippen molar-refractivity contribution in [1.82, 2.24) is 20.1 Å². The van der Waals surface area contributed by atoms with E-state index in [2.05, 4.69) is 47.6 Å². The lowest BCUT2D eigenvalue weighted by Crippen LogP contribution is -2.24. The van der Waals surface area contributed by atoms with Crippen LogP contribution in [0.25, 0.3) is 0 Å². The van der Waals surface area contributed by atoms with Crippen LogP contribution in [0.2, 0.25) is 0 Å². The Labute approximate surface area is 112 Å². The highest BCUT2D eigenvalue weighted by Crippen LogP contribution is 2.26. The van der Waals surface area contributed by atoms with E-state index in [-0.39, 0.29) is 0 Å². The zero-order valence-electron chi connectivity index (χ0n) is 11.2. The van der Waals surface area contributed by atoms with Crippen LogP contribution in [0.15, 0.2) is 17.8 Å². The summed E-state index contributed by atoms with van der Waals surface area (Å²) in [6.45, 7) is 8.23. The van der Waals surface area contributed by atoms with Gasteiger partial charge in [0.25, 0.3) is 0 Å². The molecule has 1 N–H and O–H groups in total. The predicted molar refractivity (Wildman–Crippen MR) is 74.9 cm³/mol. The van der Waals surface area contributed by atoms with Crippen molar-refractivity contribution in [2.75, 3.05) is 6.54 Å². The maximum atomic E-state index is 4.37. The van der Waals surface area contributed by atoms with E-state index >= 15 is 0 Å². The van der Waals surface area contributed by atoms with Gasteiger partial charge in [0, 0.05) is 23.9 Å². The summed E-state index contributed by atoms with van der Waals surface area (Å²) in [6.07, 6.45) is 2.53. The van der Waals surface area contributed by atoms with Crippen molar-refractivity contribution >= 4 is 11.3 Å². The smallest absolute Gasteiger partial charge is 0.138 e. The molecule has 4 nitrogen and oxygen atoms in total. The predicted octanol–water partition coefficient (Wildman–Crippen LogP) is 2.56. The van der Waals surface area contributed by atoms with E-state index < -0.39 is 0 Å². The third kappa shape index (κ3) is 2.79. The SMILES string of the molecule is CCNC(Cc1ncnn1CC)c1sccc1C. The number of aromatic nitrogens is 3. The Morgan fingerprint density at radius 2 is 2.28 bits per heavy atom. The number of aryl methyl sites for hydroxylation is 2. The quantitative estimate of drug-likeness (QED) is 0.872. The highest BCUT2D eigenvalue weighted by Gasteiger charge is 2.17. The van der Waals surface area contributed by atoms with Gasteiger partial charge in [-0.05, 0) is 37.4 Å². The molecule has 2 rings (SSSR count). The van der Waals surface area contributed by atoms with Crippen LogP contribution in [0, 0.1) is 6.92 Å². The first kappa shape index (κ1) is 13.2. The molecule has 0 aliphatic heterocycles. The van der Waals surface area contributed by atoms with Crippen molar-refractivity contribution in [1.29, 1.82) is 0 Å². The minimum Gasteiger partial charge on any atom is -0.309 e. The van der Waals surface area contributed by atoms with Crippen LogP contribution in [-0.4, -0.2) is 21.3 Å². The van der Waals surface area contributed by atoms with Crippen LogP contribution < -0.4 is 5.32 Å². The Morgan fingerprint density at radius 1 is 1.44 bits per heavy atom. The summed E-state index contributed by atoms with van der Waals surface area (Å²) in [5.74, 6) is 1.05. The maximum Gasteiger partial charge on any atom is 0.138 e. The lowest BCUT2D eigenvalue weighted by atomic mass is 10.1. The third-order valence-corrected chi connectivity index (χ3v) is 4.18. The summed E-state index contributed by atoms with van der Waals surface area (Å²) in [7, 11) is 0. The zero-order valence-corrected chi connectivity index (χ0v) is 12.0. The largest absolute Gasteiger partial charge is 0.309 e. The fourth-order valence-electron chi connectivity index (χ4n) is 2.14. The second-order valence-electron chi connectivity index (χ2n) is 4.27. The van der Waals surface area contributed by atoms with Crippen molar-refractivity contribution in [3.05, 3.63) is 34.0 Å². The molecule has 0 aliphatic rings. The van der Waals surface area contributed by atoms with E-state index in [0.29, 0.717) is 6.04 Å². The van der Waals surface area contributed by atoms with Gasteiger partial charge in [0.2, 0.25) is 0 Å². The van der Waals surface area contributed by atoms with Crippen molar-refractivity contribution in [3.63, 3.8) is 0 Å². The van der Waals surface area contributed by atoms with Crippen LogP contribution in [0.5, 0.6) is 0 Å². The van der Waals surface area contributed by atoms with Gasteiger partial charge in [-0.2, -0.15) is 5.10 Å². The molecular weight excluding hydrogens is 244 g/mol. The topological polar surface area (TPSA) is 42.7 Å². The van der Waals surface area contributed by atoms with Crippen molar-refractivity contribution in [2.45, 2.75) is 39.8 Å². The molecule has 0 saturated carbocycles. The Balaban J connectivity index is 2.19. The minimum absolute atomic E-state index is 0.338. The molecule has 98 valence electrons. The number of hydrogen-bond donors (Lipinski definition) is 1. The number of hydrogen-bond acceptors (Lipinski definition) is 4. The van der Waals surface area contributed by atoms with E-state index in [4.69, 9.17) is 0 Å². The lowest BCUT2D eigenvalue weighted by Gasteiger charge is -2.17. The Morgan fingerprint density at radius 3 is 2.89 bits per heavy atom. The molecule has 0 bridgehead atoms. The summed E-state index contributed by atoms with van der Waals surface area (Å²) in [6, 6.07) is 2.51. The van der Waals surface area contributed by atoms with Gasteiger partial charge in [0.1, 0.15) is 12.2 Å². The Kier molecular flexibility index (Phi) is 4.49. The molecule has 1 unspecified atom stereocenters. The monoisotopic (exact) mass is 264 g/mol. The van der Waals surface area contributed by atoms with E-state index in [1.165, 1.54) is 10.4 Å². The normalized spacial score (nSPS) is 12.8. The summed E-state index contributed by atoms with van der Waals surface area (Å²) >= 11 is 1.81. The minimum atomic E-state index is 0.338. The summed E-state index contributed by atoms with van der Waals surface area (Å²) < 4.78 is 1.97.